The number of hydrogen-bond donors (Lipinski definition) is 1. The van der Waals surface area contributed by atoms with E-state index in [-0.39, 0.29) is 0 Å². The van der Waals surface area contributed by atoms with Crippen molar-refractivity contribution in [2.75, 3.05) is 18.4 Å². The van der Waals surface area contributed by atoms with Gasteiger partial charge in [0.1, 0.15) is 5.82 Å². The fraction of sp³-hybridized carbons (Fsp3) is 0.688. The third kappa shape index (κ3) is 3.93. The lowest BCUT2D eigenvalue weighted by Crippen LogP contribution is -2.40. The van der Waals surface area contributed by atoms with Gasteiger partial charge < -0.3 is 5.32 Å². The minimum Gasteiger partial charge on any atom is -0.370 e. The highest BCUT2D eigenvalue weighted by Crippen LogP contribution is 2.24. The molecule has 1 N–H and O–H groups in total. The molecule has 0 radical (unpaired) electrons. The Morgan fingerprint density at radius 3 is 3.00 bits per heavy atom. The van der Waals surface area contributed by atoms with Gasteiger partial charge in [-0.3, -0.25) is 4.90 Å². The summed E-state index contributed by atoms with van der Waals surface area (Å²) < 4.78 is 0. The summed E-state index contributed by atoms with van der Waals surface area (Å²) in [5.41, 5.74) is 1.33. The second-order valence-electron chi connectivity index (χ2n) is 5.90. The van der Waals surface area contributed by atoms with Crippen molar-refractivity contribution < 1.29 is 0 Å². The highest BCUT2D eigenvalue weighted by atomic mass is 15.2. The van der Waals surface area contributed by atoms with Crippen LogP contribution in [0.2, 0.25) is 0 Å². The van der Waals surface area contributed by atoms with Crippen molar-refractivity contribution in [2.24, 2.45) is 5.92 Å². The Labute approximate surface area is 117 Å². The Morgan fingerprint density at radius 2 is 2.21 bits per heavy atom. The minimum absolute atomic E-state index is 0.690. The molecule has 1 saturated heterocycles. The number of pyridine rings is 1. The summed E-state index contributed by atoms with van der Waals surface area (Å²) in [6, 6.07) is 4.94. The van der Waals surface area contributed by atoms with Gasteiger partial charge in [0.2, 0.25) is 0 Å². The van der Waals surface area contributed by atoms with Crippen LogP contribution in [0.4, 0.5) is 5.82 Å². The van der Waals surface area contributed by atoms with E-state index in [0.717, 1.165) is 31.2 Å². The number of rotatable bonds is 5. The van der Waals surface area contributed by atoms with E-state index in [1.54, 1.807) is 0 Å². The molecule has 1 aromatic rings. The molecule has 1 aliphatic rings. The molecule has 0 aromatic carbocycles. The third-order valence-electron chi connectivity index (χ3n) is 4.05. The summed E-state index contributed by atoms with van der Waals surface area (Å²) in [4.78, 5) is 7.09. The largest absolute Gasteiger partial charge is 0.370 e. The normalized spacial score (nSPS) is 24.4. The van der Waals surface area contributed by atoms with Crippen LogP contribution >= 0.6 is 0 Å². The first-order valence-corrected chi connectivity index (χ1v) is 7.62. The van der Waals surface area contributed by atoms with Crippen LogP contribution in [0.3, 0.4) is 0 Å². The number of hydrogen-bond acceptors (Lipinski definition) is 3. The number of anilines is 1. The molecule has 0 spiro atoms. The lowest BCUT2D eigenvalue weighted by Gasteiger charge is -2.37. The molecule has 2 rings (SSSR count). The molecule has 0 amide bonds. The van der Waals surface area contributed by atoms with Crippen LogP contribution in [0.25, 0.3) is 0 Å². The van der Waals surface area contributed by atoms with Crippen LogP contribution < -0.4 is 5.32 Å². The smallest absolute Gasteiger partial charge is 0.130 e. The summed E-state index contributed by atoms with van der Waals surface area (Å²) in [6.07, 6.45) is 5.70. The van der Waals surface area contributed by atoms with E-state index in [4.69, 9.17) is 0 Å². The molecule has 3 heteroatoms. The zero-order valence-electron chi connectivity index (χ0n) is 12.5. The number of aromatic nitrogens is 1. The first-order valence-electron chi connectivity index (χ1n) is 7.62. The predicted molar refractivity (Wildman–Crippen MR) is 81.3 cm³/mol. The summed E-state index contributed by atoms with van der Waals surface area (Å²) >= 11 is 0. The third-order valence-corrected chi connectivity index (χ3v) is 4.05. The van der Waals surface area contributed by atoms with Gasteiger partial charge in [0.15, 0.2) is 0 Å². The van der Waals surface area contributed by atoms with Crippen LogP contribution in [-0.2, 0) is 6.54 Å². The van der Waals surface area contributed by atoms with Crippen molar-refractivity contribution in [3.8, 4) is 0 Å². The van der Waals surface area contributed by atoms with E-state index in [1.807, 2.05) is 12.3 Å². The highest BCUT2D eigenvalue weighted by molar-refractivity contribution is 5.43. The van der Waals surface area contributed by atoms with Crippen LogP contribution in [0.5, 0.6) is 0 Å². The molecule has 0 saturated carbocycles. The van der Waals surface area contributed by atoms with E-state index in [2.05, 4.69) is 42.0 Å². The van der Waals surface area contributed by atoms with E-state index in [1.165, 1.54) is 24.9 Å². The molecule has 1 aliphatic heterocycles. The summed E-state index contributed by atoms with van der Waals surface area (Å²) in [7, 11) is 0. The van der Waals surface area contributed by atoms with Gasteiger partial charge in [0, 0.05) is 37.4 Å². The number of nitrogens with one attached hydrogen (secondary N) is 1. The fourth-order valence-corrected chi connectivity index (χ4v) is 2.79. The Kier molecular flexibility index (Phi) is 5.20. The Morgan fingerprint density at radius 1 is 1.37 bits per heavy atom. The van der Waals surface area contributed by atoms with Gasteiger partial charge in [-0.05, 0) is 38.2 Å². The standard InChI is InChI=1S/C16H27N3/c1-4-9-17-16-15(6-5-10-18-16)12-19-11-13(2)7-8-14(19)3/h5-6,10,13-14H,4,7-9,11-12H2,1-3H3,(H,17,18). The predicted octanol–water partition coefficient (Wildman–Crippen LogP) is 3.52. The van der Waals surface area contributed by atoms with Crippen molar-refractivity contribution >= 4 is 5.82 Å². The number of nitrogens with zero attached hydrogens (tertiary/aromatic N) is 2. The average Bonchev–Trinajstić information content (AvgIpc) is 2.42. The molecule has 19 heavy (non-hydrogen) atoms. The van der Waals surface area contributed by atoms with Gasteiger partial charge >= 0.3 is 0 Å². The lowest BCUT2D eigenvalue weighted by molar-refractivity contribution is 0.117. The molecule has 0 aliphatic carbocycles. The van der Waals surface area contributed by atoms with Crippen LogP contribution in [0, 0.1) is 5.92 Å². The zero-order valence-corrected chi connectivity index (χ0v) is 12.5. The van der Waals surface area contributed by atoms with E-state index in [9.17, 15) is 0 Å². The van der Waals surface area contributed by atoms with Crippen LogP contribution in [0.1, 0.15) is 45.6 Å². The monoisotopic (exact) mass is 261 g/mol. The summed E-state index contributed by atoms with van der Waals surface area (Å²) in [5, 5.41) is 3.44. The molecule has 3 nitrogen and oxygen atoms in total. The molecular weight excluding hydrogens is 234 g/mol. The van der Waals surface area contributed by atoms with Gasteiger partial charge in [-0.25, -0.2) is 4.98 Å². The maximum Gasteiger partial charge on any atom is 0.130 e. The van der Waals surface area contributed by atoms with Gasteiger partial charge in [0.05, 0.1) is 0 Å². The molecule has 1 aromatic heterocycles. The van der Waals surface area contributed by atoms with Gasteiger partial charge in [-0.1, -0.05) is 19.9 Å². The first-order chi connectivity index (χ1) is 9.20. The Bertz CT molecular complexity index is 391. The second-order valence-corrected chi connectivity index (χ2v) is 5.90. The summed E-state index contributed by atoms with van der Waals surface area (Å²) in [5.74, 6) is 1.88. The molecule has 2 unspecified atom stereocenters. The van der Waals surface area contributed by atoms with Crippen molar-refractivity contribution in [3.05, 3.63) is 23.9 Å². The second kappa shape index (κ2) is 6.90. The first kappa shape index (κ1) is 14.3. The van der Waals surface area contributed by atoms with Crippen molar-refractivity contribution in [3.63, 3.8) is 0 Å². The highest BCUT2D eigenvalue weighted by Gasteiger charge is 2.23. The van der Waals surface area contributed by atoms with Gasteiger partial charge in [-0.15, -0.1) is 0 Å². The molecule has 2 atom stereocenters. The topological polar surface area (TPSA) is 28.2 Å². The number of piperidine rings is 1. The molecule has 106 valence electrons. The molecular formula is C16H27N3. The number of likely N-dealkylation sites (tertiary alicyclic amines) is 1. The van der Waals surface area contributed by atoms with Crippen molar-refractivity contribution in [1.82, 2.24) is 9.88 Å². The van der Waals surface area contributed by atoms with E-state index < -0.39 is 0 Å². The molecule has 0 bridgehead atoms. The maximum atomic E-state index is 4.49. The van der Waals surface area contributed by atoms with Gasteiger partial charge in [-0.2, -0.15) is 0 Å². The Hall–Kier alpha value is -1.09. The van der Waals surface area contributed by atoms with Crippen molar-refractivity contribution in [1.29, 1.82) is 0 Å². The maximum absolute atomic E-state index is 4.49. The van der Waals surface area contributed by atoms with Gasteiger partial charge in [0.25, 0.3) is 0 Å². The molecule has 2 heterocycles. The van der Waals surface area contributed by atoms with Crippen LogP contribution in [0.15, 0.2) is 18.3 Å². The zero-order chi connectivity index (χ0) is 13.7. The average molecular weight is 261 g/mol. The van der Waals surface area contributed by atoms with E-state index in [0.29, 0.717) is 6.04 Å². The quantitative estimate of drug-likeness (QED) is 0.879. The van der Waals surface area contributed by atoms with Crippen LogP contribution in [-0.4, -0.2) is 29.0 Å². The van der Waals surface area contributed by atoms with Crippen molar-refractivity contribution in [2.45, 2.75) is 52.6 Å². The summed E-state index contributed by atoms with van der Waals surface area (Å²) in [6.45, 7) is 10.1. The Balaban J connectivity index is 2.04. The molecule has 1 fully saturated rings. The fourth-order valence-electron chi connectivity index (χ4n) is 2.79. The lowest BCUT2D eigenvalue weighted by atomic mass is 9.94. The SMILES string of the molecule is CCCNc1ncccc1CN1CC(C)CCC1C. The minimum atomic E-state index is 0.690. The van der Waals surface area contributed by atoms with E-state index >= 15 is 0 Å².